The first-order valence-electron chi connectivity index (χ1n) is 7.78. The highest BCUT2D eigenvalue weighted by Gasteiger charge is 2.27. The normalized spacial score (nSPS) is 16.7. The number of fused-ring (bicyclic) bond motifs is 1. The molecule has 0 radical (unpaired) electrons. The number of primary amides is 1. The summed E-state index contributed by atoms with van der Waals surface area (Å²) in [5.41, 5.74) is 8.77. The number of aryl methyl sites for hydroxylation is 1. The van der Waals surface area contributed by atoms with Gasteiger partial charge in [-0.1, -0.05) is 24.6 Å². The van der Waals surface area contributed by atoms with Gasteiger partial charge in [0.2, 0.25) is 0 Å². The van der Waals surface area contributed by atoms with Gasteiger partial charge in [-0.15, -0.1) is 11.3 Å². The van der Waals surface area contributed by atoms with Crippen molar-refractivity contribution >= 4 is 28.2 Å². The molecule has 0 aliphatic heterocycles. The molecule has 5 heteroatoms. The van der Waals surface area contributed by atoms with Crippen molar-refractivity contribution in [3.8, 4) is 0 Å². The van der Waals surface area contributed by atoms with Crippen molar-refractivity contribution in [3.63, 3.8) is 0 Å². The monoisotopic (exact) mass is 328 g/mol. The third kappa shape index (κ3) is 3.15. The van der Waals surface area contributed by atoms with E-state index < -0.39 is 5.91 Å². The van der Waals surface area contributed by atoms with Gasteiger partial charge in [-0.05, 0) is 49.8 Å². The Labute approximate surface area is 139 Å². The van der Waals surface area contributed by atoms with Gasteiger partial charge in [0.15, 0.2) is 0 Å². The average Bonchev–Trinajstić information content (AvgIpc) is 2.84. The molecule has 3 rings (SSSR count). The summed E-state index contributed by atoms with van der Waals surface area (Å²) in [6, 6.07) is 7.35. The lowest BCUT2D eigenvalue weighted by Crippen LogP contribution is -2.19. The summed E-state index contributed by atoms with van der Waals surface area (Å²) in [6.07, 6.45) is 2.85. The molecule has 1 atom stereocenters. The van der Waals surface area contributed by atoms with Crippen LogP contribution >= 0.6 is 11.3 Å². The van der Waals surface area contributed by atoms with E-state index in [-0.39, 0.29) is 5.91 Å². The number of thiophene rings is 1. The number of hydrogen-bond donors (Lipinski definition) is 2. The first-order valence-corrected chi connectivity index (χ1v) is 8.59. The highest BCUT2D eigenvalue weighted by atomic mass is 32.1. The molecule has 0 saturated carbocycles. The minimum Gasteiger partial charge on any atom is -0.365 e. The van der Waals surface area contributed by atoms with Gasteiger partial charge in [0.05, 0.1) is 5.56 Å². The lowest BCUT2D eigenvalue weighted by Gasteiger charge is -2.18. The molecule has 23 heavy (non-hydrogen) atoms. The van der Waals surface area contributed by atoms with Crippen molar-refractivity contribution in [3.05, 3.63) is 51.4 Å². The number of carbonyl (C=O) groups excluding carboxylic acids is 2. The van der Waals surface area contributed by atoms with Gasteiger partial charge < -0.3 is 11.1 Å². The summed E-state index contributed by atoms with van der Waals surface area (Å²) in [5.74, 6) is -0.0714. The Morgan fingerprint density at radius 3 is 2.61 bits per heavy atom. The molecule has 3 N–H and O–H groups in total. The van der Waals surface area contributed by atoms with E-state index in [4.69, 9.17) is 5.73 Å². The van der Waals surface area contributed by atoms with Crippen LogP contribution in [0.25, 0.3) is 0 Å². The Bertz CT molecular complexity index is 762. The third-order valence-electron chi connectivity index (χ3n) is 4.30. The van der Waals surface area contributed by atoms with Crippen LogP contribution in [0.5, 0.6) is 0 Å². The van der Waals surface area contributed by atoms with Crippen LogP contribution in [0, 0.1) is 12.8 Å². The van der Waals surface area contributed by atoms with Crippen LogP contribution in [0.2, 0.25) is 0 Å². The number of nitrogens with one attached hydrogen (secondary N) is 1. The van der Waals surface area contributed by atoms with E-state index in [1.807, 2.05) is 19.1 Å². The lowest BCUT2D eigenvalue weighted by atomic mass is 9.88. The first-order chi connectivity index (χ1) is 11.0. The Morgan fingerprint density at radius 2 is 1.96 bits per heavy atom. The molecule has 0 unspecified atom stereocenters. The van der Waals surface area contributed by atoms with E-state index in [1.54, 1.807) is 12.1 Å². The van der Waals surface area contributed by atoms with Gasteiger partial charge in [0, 0.05) is 10.4 Å². The van der Waals surface area contributed by atoms with Crippen LogP contribution in [0.3, 0.4) is 0 Å². The maximum absolute atomic E-state index is 12.4. The van der Waals surface area contributed by atoms with Gasteiger partial charge in [-0.2, -0.15) is 0 Å². The average molecular weight is 328 g/mol. The van der Waals surface area contributed by atoms with E-state index >= 15 is 0 Å². The second-order valence-corrected chi connectivity index (χ2v) is 7.35. The quantitative estimate of drug-likeness (QED) is 0.904. The number of nitrogens with two attached hydrogens (primary N) is 1. The second kappa shape index (κ2) is 6.16. The summed E-state index contributed by atoms with van der Waals surface area (Å²) in [7, 11) is 0. The summed E-state index contributed by atoms with van der Waals surface area (Å²) in [5, 5.41) is 3.46. The molecule has 1 aliphatic carbocycles. The summed E-state index contributed by atoms with van der Waals surface area (Å²) in [6.45, 7) is 4.18. The number of hydrogen-bond acceptors (Lipinski definition) is 3. The van der Waals surface area contributed by atoms with E-state index in [1.165, 1.54) is 16.2 Å². The Balaban J connectivity index is 1.92. The zero-order valence-corrected chi connectivity index (χ0v) is 14.1. The van der Waals surface area contributed by atoms with Gasteiger partial charge in [0.1, 0.15) is 5.00 Å². The maximum Gasteiger partial charge on any atom is 0.256 e. The fraction of sp³-hybridized carbons (Fsp3) is 0.333. The van der Waals surface area contributed by atoms with E-state index in [0.717, 1.165) is 30.4 Å². The number of benzene rings is 1. The van der Waals surface area contributed by atoms with E-state index in [0.29, 0.717) is 22.0 Å². The lowest BCUT2D eigenvalue weighted by molar-refractivity contribution is 0.1000. The first kappa shape index (κ1) is 15.7. The molecule has 2 aromatic rings. The van der Waals surface area contributed by atoms with Crippen molar-refractivity contribution in [2.45, 2.75) is 33.1 Å². The molecular weight excluding hydrogens is 308 g/mol. The number of amides is 2. The highest BCUT2D eigenvalue weighted by Crippen LogP contribution is 2.39. The van der Waals surface area contributed by atoms with Crippen molar-refractivity contribution in [2.24, 2.45) is 11.7 Å². The fourth-order valence-corrected chi connectivity index (χ4v) is 4.39. The summed E-state index contributed by atoms with van der Waals surface area (Å²) in [4.78, 5) is 25.5. The zero-order valence-electron chi connectivity index (χ0n) is 13.3. The molecule has 1 heterocycles. The number of carbonyl (C=O) groups is 2. The predicted octanol–water partition coefficient (Wildman–Crippen LogP) is 3.53. The molecule has 0 saturated heterocycles. The maximum atomic E-state index is 12.4. The molecular formula is C18H20N2O2S. The summed E-state index contributed by atoms with van der Waals surface area (Å²) < 4.78 is 0. The highest BCUT2D eigenvalue weighted by molar-refractivity contribution is 7.17. The van der Waals surface area contributed by atoms with Gasteiger partial charge >= 0.3 is 0 Å². The zero-order chi connectivity index (χ0) is 16.6. The van der Waals surface area contributed by atoms with Gasteiger partial charge in [-0.25, -0.2) is 0 Å². The van der Waals surface area contributed by atoms with Crippen LogP contribution in [-0.4, -0.2) is 11.8 Å². The molecule has 2 amide bonds. The van der Waals surface area contributed by atoms with Crippen LogP contribution in [0.1, 0.15) is 50.1 Å². The Kier molecular flexibility index (Phi) is 4.22. The Morgan fingerprint density at radius 1 is 1.26 bits per heavy atom. The van der Waals surface area contributed by atoms with E-state index in [9.17, 15) is 9.59 Å². The SMILES string of the molecule is Cc1ccc(C(=O)Nc2sc3c(c2C(N)=O)CC[C@@H](C)C3)cc1. The van der Waals surface area contributed by atoms with Gasteiger partial charge in [-0.3, -0.25) is 9.59 Å². The van der Waals surface area contributed by atoms with Crippen LogP contribution in [-0.2, 0) is 12.8 Å². The van der Waals surface area contributed by atoms with Gasteiger partial charge in [0.25, 0.3) is 11.8 Å². The molecule has 120 valence electrons. The molecule has 1 aromatic carbocycles. The fourth-order valence-electron chi connectivity index (χ4n) is 2.98. The minimum atomic E-state index is -0.462. The molecule has 1 aromatic heterocycles. The topological polar surface area (TPSA) is 72.2 Å². The number of rotatable bonds is 3. The van der Waals surface area contributed by atoms with Crippen LogP contribution in [0.15, 0.2) is 24.3 Å². The minimum absolute atomic E-state index is 0.209. The molecule has 0 bridgehead atoms. The van der Waals surface area contributed by atoms with Crippen molar-refractivity contribution in [1.82, 2.24) is 0 Å². The van der Waals surface area contributed by atoms with Crippen molar-refractivity contribution in [1.29, 1.82) is 0 Å². The molecule has 0 spiro atoms. The second-order valence-electron chi connectivity index (χ2n) is 6.24. The third-order valence-corrected chi connectivity index (χ3v) is 5.47. The molecule has 0 fully saturated rings. The van der Waals surface area contributed by atoms with Crippen molar-refractivity contribution in [2.75, 3.05) is 5.32 Å². The summed E-state index contributed by atoms with van der Waals surface area (Å²) >= 11 is 1.49. The molecule has 4 nitrogen and oxygen atoms in total. The largest absolute Gasteiger partial charge is 0.365 e. The van der Waals surface area contributed by atoms with Crippen molar-refractivity contribution < 1.29 is 9.59 Å². The van der Waals surface area contributed by atoms with Crippen LogP contribution < -0.4 is 11.1 Å². The van der Waals surface area contributed by atoms with Crippen LogP contribution in [0.4, 0.5) is 5.00 Å². The Hall–Kier alpha value is -2.14. The predicted molar refractivity (Wildman–Crippen MR) is 93.2 cm³/mol. The smallest absolute Gasteiger partial charge is 0.256 e. The standard InChI is InChI=1S/C18H20N2O2S/c1-10-3-6-12(7-4-10)17(22)20-18-15(16(19)21)13-8-5-11(2)9-14(13)23-18/h3-4,6-7,11H,5,8-9H2,1-2H3,(H2,19,21)(H,20,22)/t11-/m1/s1. The number of anilines is 1. The molecule has 1 aliphatic rings. The van der Waals surface area contributed by atoms with E-state index in [2.05, 4.69) is 12.2 Å².